The van der Waals surface area contributed by atoms with Gasteiger partial charge in [0.05, 0.1) is 12.6 Å². The molecule has 1 aliphatic heterocycles. The zero-order valence-corrected chi connectivity index (χ0v) is 33.7. The number of piperidine rings is 1. The van der Waals surface area contributed by atoms with Gasteiger partial charge in [-0.3, -0.25) is 28.8 Å². The minimum atomic E-state index is -0.943. The molecule has 2 unspecified atom stereocenters. The van der Waals surface area contributed by atoms with Crippen LogP contribution in [0.2, 0.25) is 0 Å². The zero-order chi connectivity index (χ0) is 40.0. The van der Waals surface area contributed by atoms with Crippen LogP contribution < -0.4 is 10.6 Å². The third-order valence-corrected chi connectivity index (χ3v) is 9.39. The van der Waals surface area contributed by atoms with Crippen molar-refractivity contribution in [3.05, 3.63) is 35.9 Å². The number of likely N-dealkylation sites (N-methyl/N-ethyl adjacent to an activating group) is 1. The van der Waals surface area contributed by atoms with Gasteiger partial charge in [0.2, 0.25) is 23.5 Å². The van der Waals surface area contributed by atoms with Crippen molar-refractivity contribution in [2.45, 2.75) is 125 Å². The Bertz CT molecular complexity index is 1420. The molecule has 53 heavy (non-hydrogen) atoms. The van der Waals surface area contributed by atoms with E-state index in [9.17, 15) is 33.6 Å². The third kappa shape index (κ3) is 13.7. The minimum Gasteiger partial charge on any atom is -0.449 e. The van der Waals surface area contributed by atoms with Crippen molar-refractivity contribution >= 4 is 41.2 Å². The number of likely N-dealkylation sites (tertiary alicyclic amines) is 1. The lowest BCUT2D eigenvalue weighted by Crippen LogP contribution is -2.57. The predicted molar refractivity (Wildman–Crippen MR) is 204 cm³/mol. The lowest BCUT2D eigenvalue weighted by molar-refractivity contribution is -0.144. The number of ether oxygens (including phenoxy) is 1. The van der Waals surface area contributed by atoms with Crippen molar-refractivity contribution in [1.82, 2.24) is 20.4 Å². The molecule has 1 aliphatic carbocycles. The van der Waals surface area contributed by atoms with Crippen LogP contribution in [-0.2, 0) is 33.5 Å². The number of fused-ring (bicyclic) bond motifs is 1. The lowest BCUT2D eigenvalue weighted by Gasteiger charge is -2.36. The van der Waals surface area contributed by atoms with Gasteiger partial charge in [0.1, 0.15) is 12.1 Å². The SMILES string of the molecule is CCC.CCCCC(CC(=O)C1[C@H]2C[C@H]2CN1C(=O)[C@@H](NC(=O)OCC(C)C)C(C)(C)C)C(=O)C(=O)CCC(=O)N[C@H](C(=O)N(C)C)c1ccccc1. The van der Waals surface area contributed by atoms with E-state index < -0.39 is 53.0 Å². The quantitative estimate of drug-likeness (QED) is 0.182. The Morgan fingerprint density at radius 3 is 2.11 bits per heavy atom. The molecule has 1 saturated carbocycles. The minimum absolute atomic E-state index is 0.0243. The molecule has 4 amide bonds. The van der Waals surface area contributed by atoms with E-state index in [1.54, 1.807) is 49.3 Å². The first kappa shape index (κ1) is 45.1. The first-order valence-electron chi connectivity index (χ1n) is 19.3. The van der Waals surface area contributed by atoms with Crippen LogP contribution in [0.1, 0.15) is 118 Å². The van der Waals surface area contributed by atoms with E-state index in [0.717, 1.165) is 12.8 Å². The molecule has 1 aromatic carbocycles. The fourth-order valence-corrected chi connectivity index (χ4v) is 6.46. The number of unbranched alkanes of at least 4 members (excludes halogenated alkanes) is 1. The van der Waals surface area contributed by atoms with E-state index in [-0.39, 0.29) is 61.2 Å². The summed E-state index contributed by atoms with van der Waals surface area (Å²) in [6, 6.07) is 6.13. The molecule has 3 rings (SSSR count). The average Bonchev–Trinajstić information content (AvgIpc) is 3.76. The number of Topliss-reactive ketones (excluding diaryl/α,β-unsaturated/α-hetero) is 3. The summed E-state index contributed by atoms with van der Waals surface area (Å²) in [6.07, 6.45) is 2.21. The molecule has 296 valence electrons. The summed E-state index contributed by atoms with van der Waals surface area (Å²) < 4.78 is 5.28. The van der Waals surface area contributed by atoms with Gasteiger partial charge in [0, 0.05) is 45.8 Å². The maximum atomic E-state index is 14.0. The molecule has 1 aromatic rings. The van der Waals surface area contributed by atoms with Crippen molar-refractivity contribution in [2.75, 3.05) is 27.2 Å². The maximum Gasteiger partial charge on any atom is 0.407 e. The molecule has 0 bridgehead atoms. The zero-order valence-electron chi connectivity index (χ0n) is 33.7. The van der Waals surface area contributed by atoms with E-state index in [0.29, 0.717) is 24.9 Å². The van der Waals surface area contributed by atoms with Crippen LogP contribution in [0.5, 0.6) is 0 Å². The van der Waals surface area contributed by atoms with Gasteiger partial charge in [0.15, 0.2) is 11.6 Å². The molecule has 2 N–H and O–H groups in total. The molecule has 12 nitrogen and oxygen atoms in total. The van der Waals surface area contributed by atoms with Crippen LogP contribution >= 0.6 is 0 Å². The number of nitrogens with one attached hydrogen (secondary N) is 2. The molecule has 1 heterocycles. The number of hydrogen-bond donors (Lipinski definition) is 2. The number of benzene rings is 1. The summed E-state index contributed by atoms with van der Waals surface area (Å²) in [5.74, 6) is -3.58. The predicted octanol–water partition coefficient (Wildman–Crippen LogP) is 5.68. The van der Waals surface area contributed by atoms with Crippen LogP contribution in [-0.4, -0.2) is 90.3 Å². The van der Waals surface area contributed by atoms with E-state index in [4.69, 9.17) is 4.74 Å². The van der Waals surface area contributed by atoms with Gasteiger partial charge in [-0.1, -0.05) is 105 Å². The average molecular weight is 741 g/mol. The number of ketones is 3. The highest BCUT2D eigenvalue weighted by atomic mass is 16.5. The maximum absolute atomic E-state index is 14.0. The number of rotatable bonds is 18. The van der Waals surface area contributed by atoms with Crippen LogP contribution in [0.3, 0.4) is 0 Å². The Balaban J connectivity index is 0.00000313. The lowest BCUT2D eigenvalue weighted by atomic mass is 9.84. The Labute approximate surface area is 316 Å². The largest absolute Gasteiger partial charge is 0.449 e. The molecular weight excluding hydrogens is 676 g/mol. The summed E-state index contributed by atoms with van der Waals surface area (Å²) in [4.78, 5) is 95.8. The van der Waals surface area contributed by atoms with E-state index in [1.807, 2.05) is 41.5 Å². The Morgan fingerprint density at radius 1 is 0.943 bits per heavy atom. The van der Waals surface area contributed by atoms with Crippen LogP contribution in [0, 0.1) is 29.1 Å². The fraction of sp³-hybridized carbons (Fsp3) is 0.683. The molecule has 2 fully saturated rings. The number of amides is 4. The topological polar surface area (TPSA) is 159 Å². The Hall–Kier alpha value is -4.09. The van der Waals surface area contributed by atoms with Gasteiger partial charge in [-0.05, 0) is 41.6 Å². The van der Waals surface area contributed by atoms with Gasteiger partial charge >= 0.3 is 6.09 Å². The molecule has 12 heteroatoms. The number of carbonyl (C=O) groups excluding carboxylic acids is 7. The van der Waals surface area contributed by atoms with Gasteiger partial charge in [-0.2, -0.15) is 0 Å². The molecule has 0 aromatic heterocycles. The number of nitrogens with zero attached hydrogens (tertiary/aromatic N) is 2. The molecule has 0 radical (unpaired) electrons. The highest BCUT2D eigenvalue weighted by molar-refractivity contribution is 6.38. The van der Waals surface area contributed by atoms with Crippen molar-refractivity contribution in [3.63, 3.8) is 0 Å². The van der Waals surface area contributed by atoms with Gasteiger partial charge in [-0.15, -0.1) is 0 Å². The smallest absolute Gasteiger partial charge is 0.407 e. The van der Waals surface area contributed by atoms with Crippen molar-refractivity contribution in [1.29, 1.82) is 0 Å². The molecular formula is C41H64N4O8. The van der Waals surface area contributed by atoms with Crippen LogP contribution in [0.25, 0.3) is 0 Å². The Morgan fingerprint density at radius 2 is 1.57 bits per heavy atom. The first-order valence-corrected chi connectivity index (χ1v) is 19.3. The normalized spacial score (nSPS) is 19.1. The van der Waals surface area contributed by atoms with E-state index >= 15 is 0 Å². The van der Waals surface area contributed by atoms with Crippen molar-refractivity contribution in [2.24, 2.45) is 29.1 Å². The fourth-order valence-electron chi connectivity index (χ4n) is 6.46. The first-order chi connectivity index (χ1) is 24.9. The van der Waals surface area contributed by atoms with Gasteiger partial charge < -0.3 is 25.2 Å². The number of alkyl carbamates (subject to hydrolysis) is 1. The third-order valence-electron chi connectivity index (χ3n) is 9.39. The highest BCUT2D eigenvalue weighted by Gasteiger charge is 2.58. The van der Waals surface area contributed by atoms with Gasteiger partial charge in [-0.25, -0.2) is 4.79 Å². The monoisotopic (exact) mass is 740 g/mol. The number of carbonyl (C=O) groups is 7. The van der Waals surface area contributed by atoms with E-state index in [1.165, 1.54) is 11.3 Å². The second-order valence-corrected chi connectivity index (χ2v) is 16.2. The Kier molecular flexibility index (Phi) is 17.8. The van der Waals surface area contributed by atoms with Crippen LogP contribution in [0.15, 0.2) is 30.3 Å². The summed E-state index contributed by atoms with van der Waals surface area (Å²) >= 11 is 0. The van der Waals surface area contributed by atoms with Crippen LogP contribution in [0.4, 0.5) is 4.79 Å². The number of hydrogen-bond acceptors (Lipinski definition) is 8. The molecule has 6 atom stereocenters. The summed E-state index contributed by atoms with van der Waals surface area (Å²) in [5.41, 5.74) is -0.0823. The summed E-state index contributed by atoms with van der Waals surface area (Å²) in [5, 5.41) is 5.41. The molecule has 0 spiro atoms. The van der Waals surface area contributed by atoms with Crippen molar-refractivity contribution in [3.8, 4) is 0 Å². The van der Waals surface area contributed by atoms with Crippen molar-refractivity contribution < 1.29 is 38.3 Å². The summed E-state index contributed by atoms with van der Waals surface area (Å²) in [7, 11) is 3.16. The second-order valence-electron chi connectivity index (χ2n) is 16.2. The highest BCUT2D eigenvalue weighted by Crippen LogP contribution is 2.50. The van der Waals surface area contributed by atoms with E-state index in [2.05, 4.69) is 24.5 Å². The summed E-state index contributed by atoms with van der Waals surface area (Å²) in [6.45, 7) is 16.1. The molecule has 2 aliphatic rings. The van der Waals surface area contributed by atoms with Gasteiger partial charge in [0.25, 0.3) is 0 Å². The standard InChI is InChI=1S/C38H56N4O8.C3H8/c1-9-10-14-25(33(46)28(43)17-18-30(45)39-31(35(47)41(7)8)24-15-12-11-13-16-24)20-29(44)32-27-19-26(27)21-42(32)36(48)34(38(4,5)6)40-37(49)50-22-23(2)3;1-3-2/h11-13,15-16,23,25-27,31-32,34H,9-10,14,17-22H2,1-8H3,(H,39,45)(H,40,49);3H2,1-2H3/t25?,26-,27-,31-,32?,34+;/m0./s1. The second kappa shape index (κ2) is 21.0. The molecule has 1 saturated heterocycles.